The summed E-state index contributed by atoms with van der Waals surface area (Å²) in [7, 11) is 0. The number of carbonyl (C=O) groups is 2. The smallest absolute Gasteiger partial charge is 0.338 e. The van der Waals surface area contributed by atoms with Gasteiger partial charge < -0.3 is 14.2 Å². The lowest BCUT2D eigenvalue weighted by Gasteiger charge is -2.25. The zero-order chi connectivity index (χ0) is 29.8. The average Bonchev–Trinajstić information content (AvgIpc) is 3.21. The van der Waals surface area contributed by atoms with Gasteiger partial charge in [0.1, 0.15) is 0 Å². The van der Waals surface area contributed by atoms with E-state index in [9.17, 15) is 24.5 Å². The van der Waals surface area contributed by atoms with Crippen LogP contribution >= 0.6 is 11.3 Å². The molecule has 11 nitrogen and oxygen atoms in total. The second kappa shape index (κ2) is 12.3. The Bertz CT molecular complexity index is 1720. The maximum Gasteiger partial charge on any atom is 0.338 e. The summed E-state index contributed by atoms with van der Waals surface area (Å²) in [5.41, 5.74) is 1.25. The summed E-state index contributed by atoms with van der Waals surface area (Å²) >= 11 is 1.13. The van der Waals surface area contributed by atoms with Gasteiger partial charge in [-0.05, 0) is 61.2 Å². The van der Waals surface area contributed by atoms with E-state index in [1.165, 1.54) is 23.6 Å². The fourth-order valence-corrected chi connectivity index (χ4v) is 5.31. The number of hydrogen-bond acceptors (Lipinski definition) is 10. The second-order valence-electron chi connectivity index (χ2n) is 9.66. The molecule has 41 heavy (non-hydrogen) atoms. The summed E-state index contributed by atoms with van der Waals surface area (Å²) < 4.78 is 18.3. The Morgan fingerprint density at radius 2 is 1.88 bits per heavy atom. The molecule has 0 aliphatic carbocycles. The zero-order valence-electron chi connectivity index (χ0n) is 23.2. The molecule has 0 spiro atoms. The molecule has 4 rings (SSSR count). The average molecular weight is 580 g/mol. The molecule has 1 atom stereocenters. The van der Waals surface area contributed by atoms with E-state index in [-0.39, 0.29) is 41.9 Å². The topological polar surface area (TPSA) is 139 Å². The number of thiazole rings is 1. The summed E-state index contributed by atoms with van der Waals surface area (Å²) in [6.45, 7) is 9.05. The number of fused-ring (bicyclic) bond motifs is 1. The van der Waals surface area contributed by atoms with E-state index >= 15 is 0 Å². The molecule has 0 bridgehead atoms. The van der Waals surface area contributed by atoms with Gasteiger partial charge in [0, 0.05) is 19.1 Å². The SMILES string of the molecule is CCOc1cc([C@H]2C(C(=O)OCC(C)C)=C(C)N=c3s/c(=C/c4ccc([N+](=O)[O-])cc4)c(=O)n32)ccc1OC(C)=O. The van der Waals surface area contributed by atoms with Crippen LogP contribution in [0.5, 0.6) is 11.5 Å². The van der Waals surface area contributed by atoms with Gasteiger partial charge in [0.25, 0.3) is 11.2 Å². The number of rotatable bonds is 9. The lowest BCUT2D eigenvalue weighted by atomic mass is 9.95. The molecule has 0 radical (unpaired) electrons. The van der Waals surface area contributed by atoms with Gasteiger partial charge in [-0.3, -0.25) is 24.3 Å². The fourth-order valence-electron chi connectivity index (χ4n) is 4.26. The molecule has 2 heterocycles. The molecular weight excluding hydrogens is 550 g/mol. The second-order valence-corrected chi connectivity index (χ2v) is 10.7. The van der Waals surface area contributed by atoms with E-state index in [1.807, 2.05) is 13.8 Å². The number of allylic oxidation sites excluding steroid dienone is 1. The predicted octanol–water partition coefficient (Wildman–Crippen LogP) is 3.67. The Labute approximate surface area is 239 Å². The van der Waals surface area contributed by atoms with Crippen LogP contribution in [0.4, 0.5) is 5.69 Å². The lowest BCUT2D eigenvalue weighted by molar-refractivity contribution is -0.384. The minimum atomic E-state index is -0.907. The number of non-ortho nitro benzene ring substituents is 1. The van der Waals surface area contributed by atoms with E-state index in [2.05, 4.69) is 4.99 Å². The van der Waals surface area contributed by atoms with Crippen molar-refractivity contribution < 1.29 is 28.7 Å². The first-order chi connectivity index (χ1) is 19.5. The highest BCUT2D eigenvalue weighted by molar-refractivity contribution is 7.07. The van der Waals surface area contributed by atoms with E-state index < -0.39 is 28.5 Å². The predicted molar refractivity (Wildman–Crippen MR) is 152 cm³/mol. The first-order valence-corrected chi connectivity index (χ1v) is 13.7. The molecule has 3 aromatic rings. The quantitative estimate of drug-likeness (QED) is 0.162. The molecule has 1 aromatic heterocycles. The van der Waals surface area contributed by atoms with Gasteiger partial charge in [0.15, 0.2) is 16.3 Å². The maximum atomic E-state index is 13.8. The Morgan fingerprint density at radius 1 is 1.17 bits per heavy atom. The summed E-state index contributed by atoms with van der Waals surface area (Å²) in [5, 5.41) is 11.0. The van der Waals surface area contributed by atoms with Crippen molar-refractivity contribution in [1.29, 1.82) is 0 Å². The van der Waals surface area contributed by atoms with Crippen molar-refractivity contribution in [2.45, 2.75) is 40.7 Å². The van der Waals surface area contributed by atoms with Crippen molar-refractivity contribution >= 4 is 35.0 Å². The van der Waals surface area contributed by atoms with Gasteiger partial charge in [0.05, 0.1) is 40.0 Å². The van der Waals surface area contributed by atoms with E-state index in [0.29, 0.717) is 26.2 Å². The van der Waals surface area contributed by atoms with E-state index in [0.717, 1.165) is 11.3 Å². The van der Waals surface area contributed by atoms with Crippen LogP contribution < -0.4 is 24.4 Å². The molecule has 0 unspecified atom stereocenters. The third-order valence-corrected chi connectivity index (χ3v) is 7.01. The van der Waals surface area contributed by atoms with Crippen LogP contribution in [-0.2, 0) is 14.3 Å². The lowest BCUT2D eigenvalue weighted by Crippen LogP contribution is -2.40. The fraction of sp³-hybridized carbons (Fsp3) is 0.310. The molecule has 0 amide bonds. The summed E-state index contributed by atoms with van der Waals surface area (Å²) in [4.78, 5) is 54.4. The monoisotopic (exact) mass is 579 g/mol. The molecule has 0 saturated carbocycles. The highest BCUT2D eigenvalue weighted by Gasteiger charge is 2.34. The summed E-state index contributed by atoms with van der Waals surface area (Å²) in [5.74, 6) is -0.548. The van der Waals surface area contributed by atoms with Crippen molar-refractivity contribution in [2.75, 3.05) is 13.2 Å². The van der Waals surface area contributed by atoms with Crippen molar-refractivity contribution in [3.05, 3.63) is 94.7 Å². The van der Waals surface area contributed by atoms with Crippen LogP contribution in [-0.4, -0.2) is 34.6 Å². The third kappa shape index (κ3) is 6.43. The molecule has 1 aliphatic rings. The number of nitro groups is 1. The molecular formula is C29H29N3O8S. The highest BCUT2D eigenvalue weighted by Crippen LogP contribution is 2.36. The van der Waals surface area contributed by atoms with E-state index in [1.54, 1.807) is 50.3 Å². The van der Waals surface area contributed by atoms with Gasteiger partial charge in [-0.15, -0.1) is 0 Å². The largest absolute Gasteiger partial charge is 0.490 e. The minimum absolute atomic E-state index is 0.0638. The van der Waals surface area contributed by atoms with Crippen molar-refractivity contribution in [3.63, 3.8) is 0 Å². The molecule has 2 aromatic carbocycles. The first-order valence-electron chi connectivity index (χ1n) is 12.9. The molecule has 0 fully saturated rings. The maximum absolute atomic E-state index is 13.8. The summed E-state index contributed by atoms with van der Waals surface area (Å²) in [6, 6.07) is 9.77. The van der Waals surface area contributed by atoms with Gasteiger partial charge in [-0.2, -0.15) is 0 Å². The van der Waals surface area contributed by atoms with Crippen molar-refractivity contribution in [2.24, 2.45) is 10.9 Å². The van der Waals surface area contributed by atoms with Crippen LogP contribution in [0.15, 0.2) is 63.5 Å². The number of hydrogen-bond donors (Lipinski definition) is 0. The number of nitrogens with zero attached hydrogens (tertiary/aromatic N) is 3. The van der Waals surface area contributed by atoms with E-state index in [4.69, 9.17) is 14.2 Å². The number of esters is 2. The standard InChI is InChI=1S/C29H29N3O8S/c1-6-38-23-14-20(9-12-22(23)40-18(5)33)26-25(28(35)39-15-16(2)3)17(4)30-29-31(26)27(34)24(41-29)13-19-7-10-21(11-8-19)32(36)37/h7-14,16,26H,6,15H2,1-5H3/b24-13+/t26-/m0/s1. The third-order valence-electron chi connectivity index (χ3n) is 6.03. The number of carbonyl (C=O) groups excluding carboxylic acids is 2. The minimum Gasteiger partial charge on any atom is -0.490 e. The zero-order valence-corrected chi connectivity index (χ0v) is 24.0. The molecule has 0 saturated heterocycles. The van der Waals surface area contributed by atoms with Gasteiger partial charge in [-0.1, -0.05) is 31.3 Å². The Hall–Kier alpha value is -4.58. The molecule has 214 valence electrons. The van der Waals surface area contributed by atoms with Crippen LogP contribution in [0.3, 0.4) is 0 Å². The van der Waals surface area contributed by atoms with Crippen LogP contribution in [0.1, 0.15) is 51.8 Å². The van der Waals surface area contributed by atoms with Crippen molar-refractivity contribution in [1.82, 2.24) is 4.57 Å². The van der Waals surface area contributed by atoms with Gasteiger partial charge >= 0.3 is 11.9 Å². The molecule has 12 heteroatoms. The van der Waals surface area contributed by atoms with Crippen LogP contribution in [0.25, 0.3) is 6.08 Å². The van der Waals surface area contributed by atoms with Crippen LogP contribution in [0.2, 0.25) is 0 Å². The number of aromatic nitrogens is 1. The van der Waals surface area contributed by atoms with Crippen LogP contribution in [0, 0.1) is 16.0 Å². The van der Waals surface area contributed by atoms with Crippen molar-refractivity contribution in [3.8, 4) is 11.5 Å². The Balaban J connectivity index is 1.91. The number of benzene rings is 2. The van der Waals surface area contributed by atoms with Gasteiger partial charge in [0.2, 0.25) is 0 Å². The molecule has 1 aliphatic heterocycles. The first kappa shape index (κ1) is 29.4. The Morgan fingerprint density at radius 3 is 2.49 bits per heavy atom. The molecule has 0 N–H and O–H groups in total. The number of ether oxygens (including phenoxy) is 3. The number of nitro benzene ring substituents is 1. The summed E-state index contributed by atoms with van der Waals surface area (Å²) in [6.07, 6.45) is 1.62. The normalized spacial score (nSPS) is 14.9. The Kier molecular flexibility index (Phi) is 8.82. The highest BCUT2D eigenvalue weighted by atomic mass is 32.1. The van der Waals surface area contributed by atoms with Gasteiger partial charge in [-0.25, -0.2) is 9.79 Å².